The highest BCUT2D eigenvalue weighted by atomic mass is 32.2. The molecule has 0 spiro atoms. The molecule has 0 aromatic heterocycles. The van der Waals surface area contributed by atoms with Crippen molar-refractivity contribution in [2.75, 3.05) is 0 Å². The first kappa shape index (κ1) is 34.5. The number of esters is 1. The van der Waals surface area contributed by atoms with Gasteiger partial charge in [-0.25, -0.2) is 9.59 Å². The number of thioether (sulfide) groups is 2. The zero-order valence-electron chi connectivity index (χ0n) is 26.9. The summed E-state index contributed by atoms with van der Waals surface area (Å²) in [5.74, 6) is -3.75. The molecule has 0 radical (unpaired) electrons. The summed E-state index contributed by atoms with van der Waals surface area (Å²) in [6.07, 6.45) is 0. The van der Waals surface area contributed by atoms with Crippen molar-refractivity contribution in [3.05, 3.63) is 59.7 Å². The maximum Gasteiger partial charge on any atom is 0.335 e. The minimum atomic E-state index is -1.17. The minimum Gasteiger partial charge on any atom is -0.508 e. The van der Waals surface area contributed by atoms with Crippen LogP contribution in [0.2, 0.25) is 0 Å². The van der Waals surface area contributed by atoms with Crippen molar-refractivity contribution in [1.82, 2.24) is 20.4 Å². The van der Waals surface area contributed by atoms with Gasteiger partial charge >= 0.3 is 11.9 Å². The van der Waals surface area contributed by atoms with Crippen molar-refractivity contribution in [2.24, 2.45) is 11.5 Å². The largest absolute Gasteiger partial charge is 0.508 e. The molecule has 8 N–H and O–H groups in total. The summed E-state index contributed by atoms with van der Waals surface area (Å²) in [6, 6.07) is 5.78. The van der Waals surface area contributed by atoms with E-state index in [9.17, 15) is 39.0 Å². The molecule has 4 amide bonds. The van der Waals surface area contributed by atoms with Crippen LogP contribution in [0.3, 0.4) is 0 Å². The predicted octanol–water partition coefficient (Wildman–Crippen LogP) is 0.176. The fraction of sp³-hybridized carbons (Fsp3) is 0.438. The number of carbonyl (C=O) groups excluding carboxylic acids is 5. The van der Waals surface area contributed by atoms with Gasteiger partial charge in [-0.2, -0.15) is 0 Å². The second-order valence-electron chi connectivity index (χ2n) is 13.4. The van der Waals surface area contributed by atoms with Gasteiger partial charge in [0.1, 0.15) is 58.5 Å². The zero-order chi connectivity index (χ0) is 35.7. The summed E-state index contributed by atoms with van der Waals surface area (Å²) in [4.78, 5) is 79.6. The molecular weight excluding hydrogens is 677 g/mol. The first-order valence-electron chi connectivity index (χ1n) is 15.4. The van der Waals surface area contributed by atoms with Crippen molar-refractivity contribution in [2.45, 2.75) is 84.2 Å². The number of phenolic OH excluding ortho intramolecular Hbond substituents is 1. The number of carboxylic acids is 1. The van der Waals surface area contributed by atoms with Gasteiger partial charge < -0.3 is 46.9 Å². The molecule has 2 unspecified atom stereocenters. The van der Waals surface area contributed by atoms with E-state index in [2.05, 4.69) is 10.6 Å². The second kappa shape index (κ2) is 12.2. The Labute approximate surface area is 289 Å². The molecule has 15 nitrogen and oxygen atoms in total. The van der Waals surface area contributed by atoms with Crippen molar-refractivity contribution >= 4 is 59.1 Å². The summed E-state index contributed by atoms with van der Waals surface area (Å²) in [5, 5.41) is 23.4. The third kappa shape index (κ3) is 5.87. The van der Waals surface area contributed by atoms with Gasteiger partial charge in [-0.1, -0.05) is 24.3 Å². The Hall–Kier alpha value is -4.32. The number of nitrogens with zero attached hydrogens (tertiary/aromatic N) is 2. The van der Waals surface area contributed by atoms with Gasteiger partial charge in [0.05, 0.1) is 0 Å². The monoisotopic (exact) mass is 712 g/mol. The van der Waals surface area contributed by atoms with Crippen LogP contribution in [0.4, 0.5) is 0 Å². The Kier molecular flexibility index (Phi) is 8.62. The van der Waals surface area contributed by atoms with Crippen LogP contribution < -0.4 is 26.8 Å². The lowest BCUT2D eigenvalue weighted by Crippen LogP contribution is -2.71. The molecule has 4 fully saturated rings. The molecule has 260 valence electrons. The van der Waals surface area contributed by atoms with E-state index in [-0.39, 0.29) is 11.5 Å². The lowest BCUT2D eigenvalue weighted by molar-refractivity contribution is -0.161. The van der Waals surface area contributed by atoms with E-state index in [4.69, 9.17) is 16.2 Å². The quantitative estimate of drug-likeness (QED) is 0.116. The number of nitrogens with one attached hydrogen (secondary N) is 2. The molecule has 17 heteroatoms. The highest BCUT2D eigenvalue weighted by molar-refractivity contribution is 8.02. The standard InChI is InChI=1S/C32H36N6O9S2/c1-31(2)21(29(44)45)37-25(42)19(27(37)48-31)35-24(41)18(34)14-7-11-16(12-8-14)47-30(46)22-32(3,4)49-28-20(26(43)38(22)28)36-23(40)17(33)13-5-9-15(39)10-6-13/h5-12,17-22,27-28,39H,33-34H2,1-4H3,(H,35,41)(H,36,40)(H,44,45)/t17?,18?,19-,20-,21+,22+,27-,28-/m1/s1. The van der Waals surface area contributed by atoms with Gasteiger partial charge in [0.25, 0.3) is 0 Å². The molecule has 2 aromatic rings. The molecule has 0 aliphatic carbocycles. The molecule has 8 atom stereocenters. The number of nitrogens with two attached hydrogens (primary N) is 2. The SMILES string of the molecule is CC1(C)S[C@@H]2[C@H](NC(=O)C(N)c3ccc(OC(=O)[C@@H]4N5C(=O)[C@@H](NC(=O)C(N)c6ccc(O)cc6)[C@H]5SC4(C)C)cc3)C(=O)N2[C@H]1C(=O)O. The number of ether oxygens (including phenoxy) is 1. The molecule has 4 aliphatic rings. The van der Waals surface area contributed by atoms with E-state index in [0.29, 0.717) is 11.1 Å². The first-order valence-corrected chi connectivity index (χ1v) is 17.1. The molecular formula is C32H36N6O9S2. The lowest BCUT2D eigenvalue weighted by Gasteiger charge is -2.44. The maximum atomic E-state index is 13.4. The number of carbonyl (C=O) groups is 6. The molecule has 0 bridgehead atoms. The zero-order valence-corrected chi connectivity index (χ0v) is 28.5. The van der Waals surface area contributed by atoms with E-state index < -0.39 is 92.1 Å². The van der Waals surface area contributed by atoms with Crippen molar-refractivity contribution in [1.29, 1.82) is 0 Å². The Morgan fingerprint density at radius 3 is 1.61 bits per heavy atom. The normalized spacial score (nSPS) is 28.7. The van der Waals surface area contributed by atoms with E-state index >= 15 is 0 Å². The second-order valence-corrected chi connectivity index (χ2v) is 16.9. The summed E-state index contributed by atoms with van der Waals surface area (Å²) < 4.78 is 4.14. The van der Waals surface area contributed by atoms with Crippen LogP contribution in [-0.2, 0) is 28.8 Å². The average Bonchev–Trinajstić information content (AvgIpc) is 3.46. The number of phenols is 1. The van der Waals surface area contributed by atoms with Gasteiger partial charge in [0.2, 0.25) is 23.6 Å². The maximum absolute atomic E-state index is 13.4. The van der Waals surface area contributed by atoms with Crippen LogP contribution in [0.25, 0.3) is 0 Å². The van der Waals surface area contributed by atoms with Gasteiger partial charge in [-0.3, -0.25) is 19.2 Å². The molecule has 2 aromatic carbocycles. The Balaban J connectivity index is 1.05. The minimum absolute atomic E-state index is 0.0253. The number of amides is 4. The van der Waals surface area contributed by atoms with Gasteiger partial charge in [0.15, 0.2) is 0 Å². The smallest absolute Gasteiger partial charge is 0.335 e. The lowest BCUT2D eigenvalue weighted by atomic mass is 9.95. The molecule has 6 rings (SSSR count). The van der Waals surface area contributed by atoms with E-state index in [1.54, 1.807) is 27.7 Å². The van der Waals surface area contributed by atoms with Crippen molar-refractivity contribution < 1.29 is 43.7 Å². The van der Waals surface area contributed by atoms with Gasteiger partial charge in [0, 0.05) is 9.49 Å². The highest BCUT2D eigenvalue weighted by Crippen LogP contribution is 2.52. The topological polar surface area (TPSA) is 235 Å². The number of aliphatic carboxylic acids is 1. The number of hydrogen-bond acceptors (Lipinski definition) is 12. The Morgan fingerprint density at radius 1 is 0.755 bits per heavy atom. The van der Waals surface area contributed by atoms with Crippen LogP contribution in [0.1, 0.15) is 50.9 Å². The molecule has 4 heterocycles. The highest BCUT2D eigenvalue weighted by Gasteiger charge is 2.65. The number of hydrogen-bond donors (Lipinski definition) is 6. The summed E-state index contributed by atoms with van der Waals surface area (Å²) in [7, 11) is 0. The van der Waals surface area contributed by atoms with E-state index in [0.717, 1.165) is 0 Å². The van der Waals surface area contributed by atoms with Crippen LogP contribution in [0, 0.1) is 0 Å². The van der Waals surface area contributed by atoms with Gasteiger partial charge in [-0.05, 0) is 63.1 Å². The average molecular weight is 713 g/mol. The summed E-state index contributed by atoms with van der Waals surface area (Å²) >= 11 is 2.66. The van der Waals surface area contributed by atoms with Crippen LogP contribution >= 0.6 is 23.5 Å². The third-order valence-corrected chi connectivity index (χ3v) is 12.4. The summed E-state index contributed by atoms with van der Waals surface area (Å²) in [5.41, 5.74) is 13.1. The van der Waals surface area contributed by atoms with Crippen LogP contribution in [0.5, 0.6) is 11.5 Å². The summed E-state index contributed by atoms with van der Waals surface area (Å²) in [6.45, 7) is 7.08. The Morgan fingerprint density at radius 2 is 1.16 bits per heavy atom. The van der Waals surface area contributed by atoms with Crippen LogP contribution in [-0.4, -0.2) is 100.0 Å². The number of β-lactam (4-membered cyclic amide) rings is 2. The van der Waals surface area contributed by atoms with Crippen molar-refractivity contribution in [3.63, 3.8) is 0 Å². The molecule has 0 saturated carbocycles. The fourth-order valence-corrected chi connectivity index (χ4v) is 9.90. The number of benzene rings is 2. The first-order chi connectivity index (χ1) is 22.9. The molecule has 4 saturated heterocycles. The fourth-order valence-electron chi connectivity index (χ4n) is 6.66. The number of rotatable bonds is 9. The van der Waals surface area contributed by atoms with Crippen molar-refractivity contribution in [3.8, 4) is 11.5 Å². The Bertz CT molecular complexity index is 1740. The number of fused-ring (bicyclic) bond motifs is 2. The van der Waals surface area contributed by atoms with Crippen LogP contribution in [0.15, 0.2) is 48.5 Å². The van der Waals surface area contributed by atoms with E-state index in [1.165, 1.54) is 81.9 Å². The third-order valence-electron chi connectivity index (χ3n) is 9.21. The van der Waals surface area contributed by atoms with Gasteiger partial charge in [-0.15, -0.1) is 23.5 Å². The molecule has 49 heavy (non-hydrogen) atoms. The number of carboxylic acid groups (broad SMARTS) is 1. The van der Waals surface area contributed by atoms with E-state index in [1.807, 2.05) is 0 Å². The molecule has 4 aliphatic heterocycles. The number of aromatic hydroxyl groups is 1. The predicted molar refractivity (Wildman–Crippen MR) is 178 cm³/mol.